The Hall–Kier alpha value is -2.54. The van der Waals surface area contributed by atoms with Crippen molar-refractivity contribution in [3.05, 3.63) is 104 Å². The van der Waals surface area contributed by atoms with Gasteiger partial charge in [0, 0.05) is 10.6 Å². The normalized spacial score (nSPS) is 15.0. The first-order chi connectivity index (χ1) is 15.0. The van der Waals surface area contributed by atoms with Crippen molar-refractivity contribution >= 4 is 56.5 Å². The van der Waals surface area contributed by atoms with Crippen LogP contribution in [-0.2, 0) is 17.9 Å². The lowest BCUT2D eigenvalue weighted by Gasteiger charge is -2.12. The van der Waals surface area contributed by atoms with Crippen LogP contribution in [0.5, 0.6) is 5.75 Å². The zero-order chi connectivity index (χ0) is 21.8. The van der Waals surface area contributed by atoms with Gasteiger partial charge in [-0.2, -0.15) is 0 Å². The lowest BCUT2D eigenvalue weighted by molar-refractivity contribution is -0.123. The van der Waals surface area contributed by atoms with Gasteiger partial charge < -0.3 is 4.74 Å². The number of thioether (sulfide) groups is 1. The van der Waals surface area contributed by atoms with Crippen molar-refractivity contribution in [1.82, 2.24) is 4.90 Å². The highest BCUT2D eigenvalue weighted by Gasteiger charge is 2.34. The predicted molar refractivity (Wildman–Crippen MR) is 128 cm³/mol. The molecular weight excluding hydrogens is 498 g/mol. The van der Waals surface area contributed by atoms with E-state index in [0.29, 0.717) is 22.3 Å². The van der Waals surface area contributed by atoms with E-state index in [9.17, 15) is 9.59 Å². The Morgan fingerprint density at radius 2 is 1.74 bits per heavy atom. The van der Waals surface area contributed by atoms with Crippen LogP contribution in [0.25, 0.3) is 6.08 Å². The summed E-state index contributed by atoms with van der Waals surface area (Å²) in [6.07, 6.45) is 1.72. The molecule has 0 saturated carbocycles. The van der Waals surface area contributed by atoms with Crippen molar-refractivity contribution in [2.75, 3.05) is 0 Å². The molecule has 7 heteroatoms. The third-order valence-electron chi connectivity index (χ3n) is 4.65. The lowest BCUT2D eigenvalue weighted by atomic mass is 10.2. The van der Waals surface area contributed by atoms with Crippen LogP contribution in [0, 0.1) is 0 Å². The number of carbonyl (C=O) groups excluding carboxylic acids is 2. The second-order valence-electron chi connectivity index (χ2n) is 6.82. The highest BCUT2D eigenvalue weighted by molar-refractivity contribution is 9.10. The number of hydrogen-bond acceptors (Lipinski definition) is 4. The average Bonchev–Trinajstić information content (AvgIpc) is 3.02. The molecule has 0 aromatic heterocycles. The third kappa shape index (κ3) is 5.21. The van der Waals surface area contributed by atoms with Gasteiger partial charge in [-0.3, -0.25) is 14.5 Å². The Morgan fingerprint density at radius 1 is 1.00 bits per heavy atom. The van der Waals surface area contributed by atoms with Crippen LogP contribution in [0.1, 0.15) is 16.7 Å². The zero-order valence-corrected chi connectivity index (χ0v) is 19.4. The minimum Gasteiger partial charge on any atom is -0.488 e. The van der Waals surface area contributed by atoms with Crippen molar-refractivity contribution in [2.45, 2.75) is 13.2 Å². The van der Waals surface area contributed by atoms with Gasteiger partial charge in [0.25, 0.3) is 11.1 Å². The van der Waals surface area contributed by atoms with E-state index in [-0.39, 0.29) is 17.7 Å². The smallest absolute Gasteiger partial charge is 0.293 e. The molecule has 0 unspecified atom stereocenters. The SMILES string of the molecule is O=C1S/C(=C/c2ccc(OCc3ccccc3Cl)c(Br)c2)C(=O)N1Cc1ccccc1. The summed E-state index contributed by atoms with van der Waals surface area (Å²) in [4.78, 5) is 26.7. The molecule has 1 aliphatic rings. The van der Waals surface area contributed by atoms with E-state index in [1.807, 2.05) is 72.8 Å². The standard InChI is InChI=1S/C24H17BrClNO3S/c25-19-12-17(10-11-21(19)30-15-18-8-4-5-9-20(18)26)13-22-23(28)27(24(29)31-22)14-16-6-2-1-3-7-16/h1-13H,14-15H2/b22-13+. The zero-order valence-electron chi connectivity index (χ0n) is 16.3. The second kappa shape index (κ2) is 9.73. The summed E-state index contributed by atoms with van der Waals surface area (Å²) < 4.78 is 6.61. The first-order valence-electron chi connectivity index (χ1n) is 9.46. The molecule has 1 fully saturated rings. The fraction of sp³-hybridized carbons (Fsp3) is 0.0833. The highest BCUT2D eigenvalue weighted by Crippen LogP contribution is 2.35. The molecule has 0 spiro atoms. The Kier molecular flexibility index (Phi) is 6.80. The van der Waals surface area contributed by atoms with Crippen LogP contribution in [0.15, 0.2) is 82.2 Å². The molecule has 1 aliphatic heterocycles. The van der Waals surface area contributed by atoms with E-state index in [2.05, 4.69) is 15.9 Å². The number of carbonyl (C=O) groups is 2. The minimum atomic E-state index is -0.283. The van der Waals surface area contributed by atoms with Gasteiger partial charge in [-0.15, -0.1) is 0 Å². The average molecular weight is 515 g/mol. The van der Waals surface area contributed by atoms with Crippen LogP contribution in [0.3, 0.4) is 0 Å². The summed E-state index contributed by atoms with van der Waals surface area (Å²) in [5, 5.41) is 0.389. The molecule has 0 atom stereocenters. The first-order valence-corrected chi connectivity index (χ1v) is 11.4. The van der Waals surface area contributed by atoms with E-state index >= 15 is 0 Å². The molecule has 3 aromatic carbocycles. The van der Waals surface area contributed by atoms with Gasteiger partial charge in [0.15, 0.2) is 0 Å². The Bertz CT molecular complexity index is 1170. The van der Waals surface area contributed by atoms with E-state index in [1.165, 1.54) is 4.90 Å². The van der Waals surface area contributed by atoms with Gasteiger partial charge in [-0.05, 0) is 63.1 Å². The number of hydrogen-bond donors (Lipinski definition) is 0. The van der Waals surface area contributed by atoms with Gasteiger partial charge in [0.2, 0.25) is 0 Å². The van der Waals surface area contributed by atoms with E-state index < -0.39 is 0 Å². The fourth-order valence-corrected chi connectivity index (χ4v) is 4.59. The molecule has 1 saturated heterocycles. The summed E-state index contributed by atoms with van der Waals surface area (Å²) in [6, 6.07) is 22.5. The van der Waals surface area contributed by atoms with Gasteiger partial charge in [0.05, 0.1) is 15.9 Å². The summed E-state index contributed by atoms with van der Waals surface area (Å²) in [5.41, 5.74) is 2.60. The molecule has 0 aliphatic carbocycles. The summed E-state index contributed by atoms with van der Waals surface area (Å²) >= 11 is 10.6. The maximum atomic E-state index is 12.7. The third-order valence-corrected chi connectivity index (χ3v) is 6.55. The molecule has 3 aromatic rings. The van der Waals surface area contributed by atoms with Crippen LogP contribution >= 0.6 is 39.3 Å². The molecule has 0 N–H and O–H groups in total. The topological polar surface area (TPSA) is 46.6 Å². The van der Waals surface area contributed by atoms with Crippen molar-refractivity contribution in [2.24, 2.45) is 0 Å². The summed E-state index contributed by atoms with van der Waals surface area (Å²) in [5.74, 6) is 0.378. The van der Waals surface area contributed by atoms with Crippen molar-refractivity contribution in [3.63, 3.8) is 0 Å². The quantitative estimate of drug-likeness (QED) is 0.335. The summed E-state index contributed by atoms with van der Waals surface area (Å²) in [7, 11) is 0. The minimum absolute atomic E-state index is 0.265. The van der Waals surface area contributed by atoms with Crippen LogP contribution < -0.4 is 4.74 Å². The first kappa shape index (κ1) is 21.7. The Balaban J connectivity index is 1.46. The number of ether oxygens (including phenoxy) is 1. The molecule has 31 heavy (non-hydrogen) atoms. The molecule has 4 nitrogen and oxygen atoms in total. The molecule has 2 amide bonds. The molecule has 0 radical (unpaired) electrons. The van der Waals surface area contributed by atoms with Crippen LogP contribution in [0.2, 0.25) is 5.02 Å². The van der Waals surface area contributed by atoms with E-state index in [4.69, 9.17) is 16.3 Å². The highest BCUT2D eigenvalue weighted by atomic mass is 79.9. The van der Waals surface area contributed by atoms with Crippen molar-refractivity contribution < 1.29 is 14.3 Å². The molecular formula is C24H17BrClNO3S. The van der Waals surface area contributed by atoms with Gasteiger partial charge in [-0.1, -0.05) is 66.2 Å². The number of halogens is 2. The fourth-order valence-electron chi connectivity index (χ4n) is 3.05. The number of nitrogens with zero attached hydrogens (tertiary/aromatic N) is 1. The predicted octanol–water partition coefficient (Wildman–Crippen LogP) is 6.92. The Labute approximate surface area is 198 Å². The number of benzene rings is 3. The number of amides is 2. The molecule has 1 heterocycles. The van der Waals surface area contributed by atoms with Crippen molar-refractivity contribution in [1.29, 1.82) is 0 Å². The maximum Gasteiger partial charge on any atom is 0.293 e. The maximum absolute atomic E-state index is 12.7. The van der Waals surface area contributed by atoms with Crippen LogP contribution in [0.4, 0.5) is 4.79 Å². The molecule has 4 rings (SSSR count). The summed E-state index contributed by atoms with van der Waals surface area (Å²) in [6.45, 7) is 0.608. The monoisotopic (exact) mass is 513 g/mol. The molecule has 0 bridgehead atoms. The largest absolute Gasteiger partial charge is 0.488 e. The van der Waals surface area contributed by atoms with Gasteiger partial charge in [-0.25, -0.2) is 0 Å². The molecule has 156 valence electrons. The van der Waals surface area contributed by atoms with Gasteiger partial charge >= 0.3 is 0 Å². The number of rotatable bonds is 6. The lowest BCUT2D eigenvalue weighted by Crippen LogP contribution is -2.27. The van der Waals surface area contributed by atoms with E-state index in [1.54, 1.807) is 6.08 Å². The van der Waals surface area contributed by atoms with Crippen molar-refractivity contribution in [3.8, 4) is 5.75 Å². The number of imide groups is 1. The Morgan fingerprint density at radius 3 is 2.48 bits per heavy atom. The van der Waals surface area contributed by atoms with Gasteiger partial charge in [0.1, 0.15) is 12.4 Å². The van der Waals surface area contributed by atoms with E-state index in [0.717, 1.165) is 32.9 Å². The van der Waals surface area contributed by atoms with Crippen LogP contribution in [-0.4, -0.2) is 16.0 Å². The second-order valence-corrected chi connectivity index (χ2v) is 9.08.